The minimum absolute atomic E-state index is 0.0151. The van der Waals surface area contributed by atoms with Gasteiger partial charge in [0.05, 0.1) is 17.8 Å². The van der Waals surface area contributed by atoms with E-state index in [0.717, 1.165) is 0 Å². The highest BCUT2D eigenvalue weighted by molar-refractivity contribution is 7.59. The Balaban J connectivity index is 5.32. The SMILES string of the molecule is CC(C)(C)OC(=O)CCC(CP(=O)(CN)OC(C)(C)C)C(=O)OC(C)(C)C. The van der Waals surface area contributed by atoms with Crippen molar-refractivity contribution in [2.24, 2.45) is 11.7 Å². The molecular formula is C19H38NO6P. The average molecular weight is 407 g/mol. The van der Waals surface area contributed by atoms with Gasteiger partial charge in [0, 0.05) is 12.6 Å². The van der Waals surface area contributed by atoms with Crippen LogP contribution >= 0.6 is 7.37 Å². The van der Waals surface area contributed by atoms with Crippen molar-refractivity contribution in [1.29, 1.82) is 0 Å². The zero-order valence-electron chi connectivity index (χ0n) is 18.4. The van der Waals surface area contributed by atoms with E-state index >= 15 is 0 Å². The second-order valence-electron chi connectivity index (χ2n) is 9.74. The molecule has 27 heavy (non-hydrogen) atoms. The Kier molecular flexibility index (Phi) is 9.21. The molecule has 8 heteroatoms. The molecule has 0 aliphatic carbocycles. The Morgan fingerprint density at radius 3 is 1.74 bits per heavy atom. The van der Waals surface area contributed by atoms with Crippen LogP contribution in [0.4, 0.5) is 0 Å². The molecule has 0 amide bonds. The number of hydrogen-bond acceptors (Lipinski definition) is 7. The molecule has 160 valence electrons. The van der Waals surface area contributed by atoms with Crippen LogP contribution < -0.4 is 5.73 Å². The summed E-state index contributed by atoms with van der Waals surface area (Å²) in [4.78, 5) is 24.7. The summed E-state index contributed by atoms with van der Waals surface area (Å²) in [7, 11) is -3.27. The van der Waals surface area contributed by atoms with Gasteiger partial charge in [-0.1, -0.05) is 0 Å². The zero-order valence-corrected chi connectivity index (χ0v) is 19.3. The Hall–Kier alpha value is -0.910. The summed E-state index contributed by atoms with van der Waals surface area (Å²) in [5, 5.41) is 0. The highest BCUT2D eigenvalue weighted by atomic mass is 31.2. The fraction of sp³-hybridized carbons (Fsp3) is 0.895. The maximum absolute atomic E-state index is 13.1. The fourth-order valence-electron chi connectivity index (χ4n) is 2.34. The van der Waals surface area contributed by atoms with E-state index in [-0.39, 0.29) is 25.3 Å². The van der Waals surface area contributed by atoms with Crippen molar-refractivity contribution in [1.82, 2.24) is 0 Å². The molecule has 0 saturated heterocycles. The molecule has 0 heterocycles. The molecule has 0 radical (unpaired) electrons. The van der Waals surface area contributed by atoms with E-state index < -0.39 is 42.0 Å². The number of carbonyl (C=O) groups is 2. The molecule has 0 fully saturated rings. The first-order chi connectivity index (χ1) is 11.9. The Bertz CT molecular complexity index is 554. The van der Waals surface area contributed by atoms with Crippen molar-refractivity contribution in [2.75, 3.05) is 12.4 Å². The third-order valence-corrected chi connectivity index (χ3v) is 5.51. The van der Waals surface area contributed by atoms with E-state index in [2.05, 4.69) is 0 Å². The van der Waals surface area contributed by atoms with Crippen LogP contribution in [-0.4, -0.2) is 41.2 Å². The molecule has 2 atom stereocenters. The average Bonchev–Trinajstić information content (AvgIpc) is 2.37. The van der Waals surface area contributed by atoms with Crippen LogP contribution in [0.5, 0.6) is 0 Å². The number of nitrogens with two attached hydrogens (primary N) is 1. The number of rotatable bonds is 8. The molecule has 2 unspecified atom stereocenters. The molecule has 0 spiro atoms. The third kappa shape index (κ3) is 13.0. The van der Waals surface area contributed by atoms with Crippen molar-refractivity contribution >= 4 is 19.3 Å². The first-order valence-electron chi connectivity index (χ1n) is 9.29. The van der Waals surface area contributed by atoms with Crippen molar-refractivity contribution in [3.05, 3.63) is 0 Å². The van der Waals surface area contributed by atoms with Gasteiger partial charge in [-0.3, -0.25) is 14.2 Å². The second kappa shape index (κ2) is 9.53. The van der Waals surface area contributed by atoms with E-state index in [1.165, 1.54) is 0 Å². The zero-order chi connectivity index (χ0) is 21.7. The van der Waals surface area contributed by atoms with Crippen LogP contribution in [0, 0.1) is 5.92 Å². The van der Waals surface area contributed by atoms with Crippen LogP contribution in [0.15, 0.2) is 0 Å². The predicted molar refractivity (Wildman–Crippen MR) is 107 cm³/mol. The van der Waals surface area contributed by atoms with Gasteiger partial charge in [0.25, 0.3) is 0 Å². The van der Waals surface area contributed by atoms with Crippen LogP contribution in [0.2, 0.25) is 0 Å². The number of hydrogen-bond donors (Lipinski definition) is 1. The second-order valence-corrected chi connectivity index (χ2v) is 12.3. The molecule has 0 rings (SSSR count). The van der Waals surface area contributed by atoms with Crippen LogP contribution in [-0.2, 0) is 28.2 Å². The van der Waals surface area contributed by atoms with Gasteiger partial charge in [-0.15, -0.1) is 0 Å². The first-order valence-corrected chi connectivity index (χ1v) is 11.3. The number of esters is 2. The predicted octanol–water partition coefficient (Wildman–Crippen LogP) is 4.08. The molecule has 0 saturated carbocycles. The van der Waals surface area contributed by atoms with E-state index in [1.54, 1.807) is 62.3 Å². The molecule has 2 N–H and O–H groups in total. The molecule has 7 nitrogen and oxygen atoms in total. The highest BCUT2D eigenvalue weighted by Gasteiger charge is 2.36. The van der Waals surface area contributed by atoms with Gasteiger partial charge in [0.2, 0.25) is 7.37 Å². The molecule has 0 aromatic rings. The Labute approximate surface area is 164 Å². The van der Waals surface area contributed by atoms with Gasteiger partial charge in [-0.05, 0) is 68.7 Å². The normalized spacial score (nSPS) is 16.4. The van der Waals surface area contributed by atoms with Gasteiger partial charge < -0.3 is 19.7 Å². The number of ether oxygens (including phenoxy) is 2. The smallest absolute Gasteiger partial charge is 0.310 e. The molecule has 0 aromatic heterocycles. The third-order valence-electron chi connectivity index (χ3n) is 3.07. The van der Waals surface area contributed by atoms with Gasteiger partial charge in [-0.25, -0.2) is 0 Å². The first kappa shape index (κ1) is 26.1. The summed E-state index contributed by atoms with van der Waals surface area (Å²) in [5.41, 5.74) is 3.72. The summed E-state index contributed by atoms with van der Waals surface area (Å²) >= 11 is 0. The lowest BCUT2D eigenvalue weighted by Gasteiger charge is -2.30. The fourth-order valence-corrected chi connectivity index (χ4v) is 4.64. The summed E-state index contributed by atoms with van der Waals surface area (Å²) in [6.45, 7) is 15.9. The van der Waals surface area contributed by atoms with Gasteiger partial charge >= 0.3 is 11.9 Å². The van der Waals surface area contributed by atoms with Gasteiger partial charge in [0.15, 0.2) is 0 Å². The van der Waals surface area contributed by atoms with Crippen molar-refractivity contribution in [3.8, 4) is 0 Å². The summed E-state index contributed by atoms with van der Waals surface area (Å²) in [6, 6.07) is 0. The monoisotopic (exact) mass is 407 g/mol. The molecule has 0 aromatic carbocycles. The molecule has 0 bridgehead atoms. The van der Waals surface area contributed by atoms with Gasteiger partial charge in [-0.2, -0.15) is 0 Å². The maximum atomic E-state index is 13.1. The van der Waals surface area contributed by atoms with Crippen LogP contribution in [0.3, 0.4) is 0 Å². The molecule has 0 aliphatic rings. The lowest BCUT2D eigenvalue weighted by atomic mass is 10.0. The quantitative estimate of drug-likeness (QED) is 0.477. The minimum Gasteiger partial charge on any atom is -0.460 e. The molecular weight excluding hydrogens is 369 g/mol. The van der Waals surface area contributed by atoms with Crippen LogP contribution in [0.1, 0.15) is 75.2 Å². The lowest BCUT2D eigenvalue weighted by Crippen LogP contribution is -2.33. The summed E-state index contributed by atoms with van der Waals surface area (Å²) < 4.78 is 29.5. The Morgan fingerprint density at radius 2 is 1.37 bits per heavy atom. The van der Waals surface area contributed by atoms with E-state index in [0.29, 0.717) is 0 Å². The topological polar surface area (TPSA) is 105 Å². The summed E-state index contributed by atoms with van der Waals surface area (Å²) in [6.07, 6.45) is -0.0862. The standard InChI is InChI=1S/C19H38NO6P/c1-17(2,3)24-15(21)11-10-14(16(22)25-18(4,5)6)12-27(23,13-20)26-19(7,8)9/h14H,10-13,20H2,1-9H3. The van der Waals surface area contributed by atoms with Crippen molar-refractivity contribution in [3.63, 3.8) is 0 Å². The minimum atomic E-state index is -3.27. The van der Waals surface area contributed by atoms with Crippen molar-refractivity contribution < 1.29 is 28.2 Å². The van der Waals surface area contributed by atoms with E-state index in [4.69, 9.17) is 19.7 Å². The molecule has 0 aliphatic heterocycles. The maximum Gasteiger partial charge on any atom is 0.310 e. The Morgan fingerprint density at radius 1 is 0.889 bits per heavy atom. The van der Waals surface area contributed by atoms with E-state index in [1.807, 2.05) is 0 Å². The van der Waals surface area contributed by atoms with Gasteiger partial charge in [0.1, 0.15) is 11.2 Å². The van der Waals surface area contributed by atoms with Crippen molar-refractivity contribution in [2.45, 2.75) is 92.0 Å². The summed E-state index contributed by atoms with van der Waals surface area (Å²) in [5.74, 6) is -1.71. The van der Waals surface area contributed by atoms with Crippen LogP contribution in [0.25, 0.3) is 0 Å². The number of carbonyl (C=O) groups excluding carboxylic acids is 2. The largest absolute Gasteiger partial charge is 0.460 e. The lowest BCUT2D eigenvalue weighted by molar-refractivity contribution is -0.160. The highest BCUT2D eigenvalue weighted by Crippen LogP contribution is 2.51. The van der Waals surface area contributed by atoms with E-state index in [9.17, 15) is 14.2 Å².